The molecular weight excluding hydrogens is 379 g/mol. The number of allylic oxidation sites excluding steroid dienone is 6. The molecule has 7 heteroatoms. The van der Waals surface area contributed by atoms with E-state index >= 15 is 0 Å². The van der Waals surface area contributed by atoms with E-state index in [-0.39, 0.29) is 17.6 Å². The van der Waals surface area contributed by atoms with Gasteiger partial charge in [-0.1, -0.05) is 25.8 Å². The average molecular weight is 405 g/mol. The molecule has 2 unspecified atom stereocenters. The van der Waals surface area contributed by atoms with Crippen molar-refractivity contribution in [2.75, 3.05) is 19.9 Å². The van der Waals surface area contributed by atoms with Gasteiger partial charge in [0.1, 0.15) is 11.8 Å². The Morgan fingerprint density at radius 1 is 1.50 bits per heavy atom. The summed E-state index contributed by atoms with van der Waals surface area (Å²) in [5, 5.41) is 1.89. The lowest BCUT2D eigenvalue weighted by Crippen LogP contribution is -2.54. The number of carbonyl (C=O) groups is 1. The van der Waals surface area contributed by atoms with Crippen molar-refractivity contribution in [3.05, 3.63) is 84.1 Å². The molecule has 0 aliphatic carbocycles. The molecule has 2 heterocycles. The first-order valence-corrected chi connectivity index (χ1v) is 10.0. The summed E-state index contributed by atoms with van der Waals surface area (Å²) in [6, 6.07) is -0.497. The van der Waals surface area contributed by atoms with Crippen LogP contribution in [0.2, 0.25) is 0 Å². The number of hydrogen-bond donors (Lipinski definition) is 1. The van der Waals surface area contributed by atoms with Crippen LogP contribution in [0.5, 0.6) is 0 Å². The van der Waals surface area contributed by atoms with Crippen LogP contribution < -0.4 is 5.48 Å². The Balaban J connectivity index is 2.53. The van der Waals surface area contributed by atoms with Crippen molar-refractivity contribution in [2.24, 2.45) is 5.92 Å². The third-order valence-electron chi connectivity index (χ3n) is 4.39. The molecule has 0 aromatic heterocycles. The van der Waals surface area contributed by atoms with Crippen LogP contribution in [0.15, 0.2) is 84.1 Å². The number of hydrogen-bond acceptors (Lipinski definition) is 5. The second-order valence-corrected chi connectivity index (χ2v) is 6.91. The fraction of sp³-hybridized carbons (Fsp3) is 0.286. The molecule has 28 heavy (non-hydrogen) atoms. The standard InChI is InChI=1S/C21H25FN2O3S/c1-6-8-18(22)14(3)27-19(7-2)15(10-12-28-5)17-13-24(4)21(25)20-16(17)9-11-26-23-20/h6-8,10,12-13,16,20,23H,1-3,9,11H2,4-5H3/b12-10+,18-8?,19-15-. The van der Waals surface area contributed by atoms with Crippen molar-refractivity contribution < 1.29 is 18.8 Å². The number of nitrogens with one attached hydrogen (secondary N) is 1. The number of thioether (sulfide) groups is 1. The lowest BCUT2D eigenvalue weighted by Gasteiger charge is -2.39. The van der Waals surface area contributed by atoms with Crippen LogP contribution in [0, 0.1) is 5.92 Å². The van der Waals surface area contributed by atoms with Gasteiger partial charge in [0.15, 0.2) is 11.6 Å². The Labute approximate surface area is 169 Å². The number of carbonyl (C=O) groups excluding carboxylic acids is 1. The molecule has 0 bridgehead atoms. The number of rotatable bonds is 8. The minimum atomic E-state index is -0.627. The molecule has 5 nitrogen and oxygen atoms in total. The lowest BCUT2D eigenvalue weighted by atomic mass is 9.81. The number of amides is 1. The highest BCUT2D eigenvalue weighted by atomic mass is 32.2. The largest absolute Gasteiger partial charge is 0.454 e. The van der Waals surface area contributed by atoms with Crippen LogP contribution in [0.25, 0.3) is 0 Å². The topological polar surface area (TPSA) is 50.8 Å². The van der Waals surface area contributed by atoms with Crippen molar-refractivity contribution in [2.45, 2.75) is 12.5 Å². The summed E-state index contributed by atoms with van der Waals surface area (Å²) in [6.07, 6.45) is 10.2. The molecular formula is C21H25FN2O3S. The van der Waals surface area contributed by atoms with Crippen molar-refractivity contribution in [1.29, 1.82) is 0 Å². The van der Waals surface area contributed by atoms with Crippen LogP contribution >= 0.6 is 11.8 Å². The van der Waals surface area contributed by atoms with Crippen molar-refractivity contribution in [3.8, 4) is 0 Å². The number of hydroxylamine groups is 1. The van der Waals surface area contributed by atoms with Gasteiger partial charge in [0, 0.05) is 24.7 Å². The number of fused-ring (bicyclic) bond motifs is 1. The average Bonchev–Trinajstić information content (AvgIpc) is 2.70. The van der Waals surface area contributed by atoms with Gasteiger partial charge in [0.2, 0.25) is 5.91 Å². The zero-order valence-corrected chi connectivity index (χ0v) is 16.9. The number of nitrogens with zero attached hydrogens (tertiary/aromatic N) is 1. The second-order valence-electron chi connectivity index (χ2n) is 6.17. The predicted molar refractivity (Wildman–Crippen MR) is 111 cm³/mol. The molecule has 1 N–H and O–H groups in total. The van der Waals surface area contributed by atoms with Gasteiger partial charge in [-0.25, -0.2) is 4.39 Å². The molecule has 1 saturated heterocycles. The van der Waals surface area contributed by atoms with E-state index in [1.54, 1.807) is 13.2 Å². The maximum absolute atomic E-state index is 14.0. The van der Waals surface area contributed by atoms with E-state index in [2.05, 4.69) is 25.2 Å². The van der Waals surface area contributed by atoms with Crippen LogP contribution in [0.1, 0.15) is 6.42 Å². The second kappa shape index (κ2) is 10.3. The van der Waals surface area contributed by atoms with Crippen LogP contribution in [0.3, 0.4) is 0 Å². The monoisotopic (exact) mass is 404 g/mol. The third kappa shape index (κ3) is 4.92. The van der Waals surface area contributed by atoms with Gasteiger partial charge >= 0.3 is 0 Å². The van der Waals surface area contributed by atoms with E-state index < -0.39 is 11.9 Å². The van der Waals surface area contributed by atoms with E-state index in [9.17, 15) is 9.18 Å². The molecule has 0 aromatic rings. The number of halogens is 1. The van der Waals surface area contributed by atoms with Crippen LogP contribution in [-0.2, 0) is 14.4 Å². The maximum atomic E-state index is 14.0. The van der Waals surface area contributed by atoms with Gasteiger partial charge in [-0.2, -0.15) is 5.48 Å². The molecule has 2 aliphatic rings. The molecule has 1 fully saturated rings. The molecule has 2 rings (SSSR count). The zero-order chi connectivity index (χ0) is 20.7. The summed E-state index contributed by atoms with van der Waals surface area (Å²) in [5.41, 5.74) is 4.41. The van der Waals surface area contributed by atoms with Gasteiger partial charge < -0.3 is 14.5 Å². The quantitative estimate of drug-likeness (QED) is 0.487. The SMILES string of the molecule is C=CC=C(F)C(=C)O/C(C=C)=C(/C=C/SC)C1=CN(C)C(=O)C2NOCCC12. The fourth-order valence-electron chi connectivity index (χ4n) is 3.04. The Bertz CT molecular complexity index is 783. The lowest BCUT2D eigenvalue weighted by molar-refractivity contribution is -0.141. The van der Waals surface area contributed by atoms with Crippen molar-refractivity contribution in [3.63, 3.8) is 0 Å². The van der Waals surface area contributed by atoms with E-state index in [1.807, 2.05) is 17.7 Å². The molecule has 0 radical (unpaired) electrons. The summed E-state index contributed by atoms with van der Waals surface area (Å²) >= 11 is 1.51. The summed E-state index contributed by atoms with van der Waals surface area (Å²) in [5.74, 6) is -0.612. The predicted octanol–water partition coefficient (Wildman–Crippen LogP) is 4.14. The molecule has 150 valence electrons. The highest BCUT2D eigenvalue weighted by molar-refractivity contribution is 8.01. The molecule has 2 atom stereocenters. The first-order valence-electron chi connectivity index (χ1n) is 8.72. The summed E-state index contributed by atoms with van der Waals surface area (Å²) in [4.78, 5) is 19.3. The highest BCUT2D eigenvalue weighted by Crippen LogP contribution is 2.36. The van der Waals surface area contributed by atoms with E-state index in [1.165, 1.54) is 34.9 Å². The summed E-state index contributed by atoms with van der Waals surface area (Å²) < 4.78 is 19.7. The smallest absolute Gasteiger partial charge is 0.246 e. The summed E-state index contributed by atoms with van der Waals surface area (Å²) in [6.45, 7) is 11.4. The number of ether oxygens (including phenoxy) is 1. The maximum Gasteiger partial charge on any atom is 0.246 e. The van der Waals surface area contributed by atoms with Gasteiger partial charge in [-0.15, -0.1) is 11.8 Å². The third-order valence-corrected chi connectivity index (χ3v) is 4.79. The first kappa shape index (κ1) is 21.9. The normalized spacial score (nSPS) is 23.7. The van der Waals surface area contributed by atoms with Crippen molar-refractivity contribution >= 4 is 17.7 Å². The molecule has 0 aromatic carbocycles. The van der Waals surface area contributed by atoms with E-state index in [0.29, 0.717) is 24.4 Å². The van der Waals surface area contributed by atoms with Gasteiger partial charge in [0.25, 0.3) is 0 Å². The Morgan fingerprint density at radius 3 is 2.89 bits per heavy atom. The summed E-state index contributed by atoms with van der Waals surface area (Å²) in [7, 11) is 1.69. The molecule has 0 saturated carbocycles. The molecule has 1 amide bonds. The number of likely N-dealkylation sites (N-methyl/N-ethyl adjacent to an activating group) is 1. The Hall–Kier alpha value is -2.35. The van der Waals surface area contributed by atoms with Crippen LogP contribution in [-0.4, -0.2) is 36.8 Å². The minimum absolute atomic E-state index is 0.0768. The highest BCUT2D eigenvalue weighted by Gasteiger charge is 2.40. The molecule has 0 spiro atoms. The minimum Gasteiger partial charge on any atom is -0.454 e. The zero-order valence-electron chi connectivity index (χ0n) is 16.1. The van der Waals surface area contributed by atoms with Crippen LogP contribution in [0.4, 0.5) is 4.39 Å². The first-order chi connectivity index (χ1) is 13.4. The Kier molecular flexibility index (Phi) is 8.04. The van der Waals surface area contributed by atoms with Gasteiger partial charge in [-0.05, 0) is 41.9 Å². The fourth-order valence-corrected chi connectivity index (χ4v) is 3.31. The Morgan fingerprint density at radius 2 is 2.25 bits per heavy atom. The van der Waals surface area contributed by atoms with E-state index in [4.69, 9.17) is 9.57 Å². The molecule has 2 aliphatic heterocycles. The van der Waals surface area contributed by atoms with E-state index in [0.717, 1.165) is 5.57 Å². The van der Waals surface area contributed by atoms with Gasteiger partial charge in [0.05, 0.1) is 6.61 Å². The van der Waals surface area contributed by atoms with Crippen molar-refractivity contribution in [1.82, 2.24) is 10.4 Å². The van der Waals surface area contributed by atoms with Gasteiger partial charge in [-0.3, -0.25) is 4.79 Å².